The molecule has 0 N–H and O–H groups in total. The van der Waals surface area contributed by atoms with E-state index in [0.717, 1.165) is 30.6 Å². The van der Waals surface area contributed by atoms with E-state index in [1.807, 2.05) is 0 Å². The van der Waals surface area contributed by atoms with Crippen molar-refractivity contribution in [3.05, 3.63) is 71.9 Å². The number of benzene rings is 2. The number of hydrogen-bond acceptors (Lipinski definition) is 4. The van der Waals surface area contributed by atoms with E-state index in [0.29, 0.717) is 17.6 Å². The minimum atomic E-state index is 0.561. The van der Waals surface area contributed by atoms with Gasteiger partial charge in [-0.2, -0.15) is 4.98 Å². The Balaban J connectivity index is 1.47. The molecule has 4 rings (SSSR count). The number of nitrogens with zero attached hydrogens (tertiary/aromatic N) is 3. The summed E-state index contributed by atoms with van der Waals surface area (Å²) < 4.78 is 5.47. The fourth-order valence-electron chi connectivity index (χ4n) is 3.08. The molecule has 0 spiro atoms. The molecule has 132 valence electrons. The second kappa shape index (κ2) is 7.16. The van der Waals surface area contributed by atoms with Crippen LogP contribution >= 0.6 is 0 Å². The molecule has 0 amide bonds. The molecular weight excluding hydrogens is 322 g/mol. The zero-order valence-corrected chi connectivity index (χ0v) is 15.2. The van der Waals surface area contributed by atoms with Crippen LogP contribution in [0.5, 0.6) is 0 Å². The standard InChI is InChI=1S/C22H23N3O/c1-16(2)14-17-4-10-20(11-5-17)22-23-21(24-26-22)19-8-6-18(7-9-19)15-25-12-3-13-25/h3-12,16H,13-15H2,1-2H3. The zero-order valence-electron chi connectivity index (χ0n) is 15.2. The van der Waals surface area contributed by atoms with Crippen molar-refractivity contribution in [3.8, 4) is 22.8 Å². The summed E-state index contributed by atoms with van der Waals surface area (Å²) in [4.78, 5) is 6.83. The van der Waals surface area contributed by atoms with E-state index in [4.69, 9.17) is 4.52 Å². The maximum atomic E-state index is 5.47. The van der Waals surface area contributed by atoms with Gasteiger partial charge >= 0.3 is 0 Å². The summed E-state index contributed by atoms with van der Waals surface area (Å²) in [6.07, 6.45) is 5.35. The summed E-state index contributed by atoms with van der Waals surface area (Å²) in [5.74, 6) is 1.84. The van der Waals surface area contributed by atoms with Crippen molar-refractivity contribution >= 4 is 0 Å². The van der Waals surface area contributed by atoms with E-state index < -0.39 is 0 Å². The predicted molar refractivity (Wildman–Crippen MR) is 103 cm³/mol. The molecule has 0 saturated heterocycles. The van der Waals surface area contributed by atoms with E-state index in [1.54, 1.807) is 0 Å². The SMILES string of the molecule is CC(C)Cc1ccc(-c2nc(-c3ccc(CN4C=CC4)cc3)no2)cc1. The van der Waals surface area contributed by atoms with Crippen LogP contribution in [0.4, 0.5) is 0 Å². The Morgan fingerprint density at radius 2 is 1.62 bits per heavy atom. The first-order valence-corrected chi connectivity index (χ1v) is 9.10. The van der Waals surface area contributed by atoms with Crippen molar-refractivity contribution in [2.24, 2.45) is 5.92 Å². The molecule has 26 heavy (non-hydrogen) atoms. The molecule has 2 aromatic carbocycles. The van der Waals surface area contributed by atoms with Crippen LogP contribution in [0.15, 0.2) is 65.3 Å². The van der Waals surface area contributed by atoms with Gasteiger partial charge in [0.15, 0.2) is 0 Å². The lowest BCUT2D eigenvalue weighted by Crippen LogP contribution is -2.23. The van der Waals surface area contributed by atoms with Gasteiger partial charge in [-0.15, -0.1) is 0 Å². The summed E-state index contributed by atoms with van der Waals surface area (Å²) in [5.41, 5.74) is 4.54. The van der Waals surface area contributed by atoms with Crippen LogP contribution in [0.2, 0.25) is 0 Å². The fourth-order valence-corrected chi connectivity index (χ4v) is 3.08. The molecule has 0 unspecified atom stereocenters. The second-order valence-corrected chi connectivity index (χ2v) is 7.23. The maximum Gasteiger partial charge on any atom is 0.258 e. The van der Waals surface area contributed by atoms with Crippen molar-refractivity contribution in [1.29, 1.82) is 0 Å². The smallest absolute Gasteiger partial charge is 0.258 e. The lowest BCUT2D eigenvalue weighted by molar-refractivity contribution is 0.368. The van der Waals surface area contributed by atoms with Crippen LogP contribution in [0.25, 0.3) is 22.8 Å². The maximum absolute atomic E-state index is 5.47. The second-order valence-electron chi connectivity index (χ2n) is 7.23. The highest BCUT2D eigenvalue weighted by Gasteiger charge is 2.11. The Labute approximate surface area is 154 Å². The molecule has 0 fully saturated rings. The fraction of sp³-hybridized carbons (Fsp3) is 0.273. The minimum absolute atomic E-state index is 0.561. The topological polar surface area (TPSA) is 42.2 Å². The Kier molecular flexibility index (Phi) is 4.57. The van der Waals surface area contributed by atoms with Crippen LogP contribution in [0.3, 0.4) is 0 Å². The largest absolute Gasteiger partial charge is 0.370 e. The van der Waals surface area contributed by atoms with Gasteiger partial charge in [0.2, 0.25) is 5.82 Å². The van der Waals surface area contributed by atoms with Gasteiger partial charge in [0.1, 0.15) is 0 Å². The van der Waals surface area contributed by atoms with Gasteiger partial charge < -0.3 is 9.42 Å². The molecule has 4 heteroatoms. The lowest BCUT2D eigenvalue weighted by Gasteiger charge is -2.25. The third-order valence-corrected chi connectivity index (χ3v) is 4.52. The molecular formula is C22H23N3O. The molecule has 0 aliphatic carbocycles. The van der Waals surface area contributed by atoms with E-state index in [2.05, 4.69) is 89.7 Å². The Bertz CT molecular complexity index is 892. The summed E-state index contributed by atoms with van der Waals surface area (Å²) >= 11 is 0. The molecule has 4 nitrogen and oxygen atoms in total. The number of aromatic nitrogens is 2. The molecule has 1 aromatic heterocycles. The van der Waals surface area contributed by atoms with Gasteiger partial charge in [-0.05, 0) is 47.9 Å². The Hall–Kier alpha value is -2.88. The van der Waals surface area contributed by atoms with Crippen LogP contribution < -0.4 is 0 Å². The van der Waals surface area contributed by atoms with E-state index in [9.17, 15) is 0 Å². The van der Waals surface area contributed by atoms with Gasteiger partial charge in [0.25, 0.3) is 5.89 Å². The van der Waals surface area contributed by atoms with Gasteiger partial charge in [0.05, 0.1) is 0 Å². The molecule has 1 aliphatic rings. The van der Waals surface area contributed by atoms with E-state index >= 15 is 0 Å². The van der Waals surface area contributed by atoms with Crippen LogP contribution in [0.1, 0.15) is 25.0 Å². The van der Waals surface area contributed by atoms with Crippen LogP contribution in [-0.2, 0) is 13.0 Å². The average molecular weight is 345 g/mol. The highest BCUT2D eigenvalue weighted by molar-refractivity contribution is 5.60. The molecule has 0 saturated carbocycles. The first-order chi connectivity index (χ1) is 12.7. The molecule has 0 bridgehead atoms. The summed E-state index contributed by atoms with van der Waals surface area (Å²) in [7, 11) is 0. The van der Waals surface area contributed by atoms with E-state index in [1.165, 1.54) is 11.1 Å². The van der Waals surface area contributed by atoms with Crippen molar-refractivity contribution < 1.29 is 4.52 Å². The highest BCUT2D eigenvalue weighted by Crippen LogP contribution is 2.24. The molecule has 2 heterocycles. The van der Waals surface area contributed by atoms with Crippen LogP contribution in [0, 0.1) is 5.92 Å². The van der Waals surface area contributed by atoms with Crippen LogP contribution in [-0.4, -0.2) is 21.6 Å². The normalized spacial score (nSPS) is 13.3. The zero-order chi connectivity index (χ0) is 17.9. The lowest BCUT2D eigenvalue weighted by atomic mass is 10.0. The third-order valence-electron chi connectivity index (χ3n) is 4.52. The Morgan fingerprint density at radius 3 is 2.23 bits per heavy atom. The molecule has 0 radical (unpaired) electrons. The highest BCUT2D eigenvalue weighted by atomic mass is 16.5. The van der Waals surface area contributed by atoms with Gasteiger partial charge in [0, 0.05) is 24.2 Å². The summed E-state index contributed by atoms with van der Waals surface area (Å²) in [6.45, 7) is 6.43. The molecule has 0 atom stereocenters. The van der Waals surface area contributed by atoms with Crippen molar-refractivity contribution in [1.82, 2.24) is 15.0 Å². The first kappa shape index (κ1) is 16.6. The minimum Gasteiger partial charge on any atom is -0.370 e. The quantitative estimate of drug-likeness (QED) is 0.635. The van der Waals surface area contributed by atoms with Crippen molar-refractivity contribution in [3.63, 3.8) is 0 Å². The predicted octanol–water partition coefficient (Wildman–Crippen LogP) is 4.93. The first-order valence-electron chi connectivity index (χ1n) is 9.10. The monoisotopic (exact) mass is 345 g/mol. The molecule has 1 aliphatic heterocycles. The van der Waals surface area contributed by atoms with Gasteiger partial charge in [-0.3, -0.25) is 0 Å². The van der Waals surface area contributed by atoms with Gasteiger partial charge in [-0.1, -0.05) is 55.4 Å². The average Bonchev–Trinajstić information content (AvgIpc) is 3.09. The summed E-state index contributed by atoms with van der Waals surface area (Å²) in [6, 6.07) is 16.7. The summed E-state index contributed by atoms with van der Waals surface area (Å²) in [5, 5.41) is 4.14. The van der Waals surface area contributed by atoms with Gasteiger partial charge in [-0.25, -0.2) is 0 Å². The van der Waals surface area contributed by atoms with Crippen molar-refractivity contribution in [2.75, 3.05) is 6.54 Å². The third kappa shape index (κ3) is 3.69. The number of hydrogen-bond donors (Lipinski definition) is 0. The molecule has 3 aromatic rings. The van der Waals surface area contributed by atoms with E-state index in [-0.39, 0.29) is 0 Å². The number of rotatable bonds is 6. The Morgan fingerprint density at radius 1 is 0.962 bits per heavy atom. The van der Waals surface area contributed by atoms with Crippen molar-refractivity contribution in [2.45, 2.75) is 26.8 Å².